The first-order chi connectivity index (χ1) is 12.4. The molecule has 8 heteroatoms. The van der Waals surface area contributed by atoms with E-state index in [-0.39, 0.29) is 18.2 Å². The summed E-state index contributed by atoms with van der Waals surface area (Å²) >= 11 is 0. The van der Waals surface area contributed by atoms with E-state index in [1.165, 1.54) is 6.92 Å². The molecule has 0 radical (unpaired) electrons. The molecule has 1 aromatic carbocycles. The van der Waals surface area contributed by atoms with Crippen LogP contribution in [0.15, 0.2) is 24.3 Å². The molecule has 0 aromatic heterocycles. The highest BCUT2D eigenvalue weighted by atomic mass is 32.2. The minimum absolute atomic E-state index is 0.113. The van der Waals surface area contributed by atoms with Crippen molar-refractivity contribution in [3.05, 3.63) is 24.3 Å². The summed E-state index contributed by atoms with van der Waals surface area (Å²) in [7, 11) is -3.29. The summed E-state index contributed by atoms with van der Waals surface area (Å²) in [6.07, 6.45) is 1.46. The van der Waals surface area contributed by atoms with E-state index < -0.39 is 10.0 Å². The Kier molecular flexibility index (Phi) is 7.86. The first-order valence-corrected chi connectivity index (χ1v) is 10.8. The predicted octanol–water partition coefficient (Wildman–Crippen LogP) is 1.60. The molecule has 0 bridgehead atoms. The van der Waals surface area contributed by atoms with E-state index in [1.54, 1.807) is 4.90 Å². The van der Waals surface area contributed by atoms with Crippen LogP contribution >= 0.6 is 0 Å². The van der Waals surface area contributed by atoms with Gasteiger partial charge < -0.3 is 14.5 Å². The number of ether oxygens (including phenoxy) is 1. The summed E-state index contributed by atoms with van der Waals surface area (Å²) in [6, 6.07) is 7.72. The third-order valence-electron chi connectivity index (χ3n) is 4.33. The molecular weight excluding hydrogens is 354 g/mol. The van der Waals surface area contributed by atoms with E-state index in [0.717, 1.165) is 30.9 Å². The fraction of sp³-hybridized carbons (Fsp3) is 0.611. The van der Waals surface area contributed by atoms with Gasteiger partial charge in [0.15, 0.2) is 0 Å². The van der Waals surface area contributed by atoms with Crippen LogP contribution in [0.25, 0.3) is 0 Å². The molecule has 1 aliphatic heterocycles. The summed E-state index contributed by atoms with van der Waals surface area (Å²) < 4.78 is 31.9. The molecule has 1 saturated heterocycles. The number of rotatable bonds is 9. The lowest BCUT2D eigenvalue weighted by Crippen LogP contribution is -2.41. The summed E-state index contributed by atoms with van der Waals surface area (Å²) in [5, 5.41) is 0. The molecule has 2 rings (SSSR count). The zero-order chi connectivity index (χ0) is 19.0. The van der Waals surface area contributed by atoms with Crippen molar-refractivity contribution >= 4 is 27.3 Å². The van der Waals surface area contributed by atoms with Gasteiger partial charge in [0.25, 0.3) is 0 Å². The third-order valence-corrected chi connectivity index (χ3v) is 5.80. The van der Waals surface area contributed by atoms with Gasteiger partial charge in [-0.25, -0.2) is 13.1 Å². The quantitative estimate of drug-likeness (QED) is 0.701. The largest absolute Gasteiger partial charge is 0.378 e. The number of nitrogens with zero attached hydrogens (tertiary/aromatic N) is 2. The predicted molar refractivity (Wildman–Crippen MR) is 104 cm³/mol. The van der Waals surface area contributed by atoms with Crippen molar-refractivity contribution in [3.63, 3.8) is 0 Å². The first-order valence-electron chi connectivity index (χ1n) is 9.12. The van der Waals surface area contributed by atoms with E-state index >= 15 is 0 Å². The van der Waals surface area contributed by atoms with Crippen LogP contribution in [0.3, 0.4) is 0 Å². The molecule has 0 spiro atoms. The molecule has 1 aliphatic rings. The molecule has 7 nitrogen and oxygen atoms in total. The van der Waals surface area contributed by atoms with Crippen LogP contribution in [0.1, 0.15) is 26.7 Å². The Hall–Kier alpha value is -1.64. The number of sulfonamides is 1. The maximum atomic E-state index is 12.2. The average molecular weight is 384 g/mol. The molecule has 1 N–H and O–H groups in total. The van der Waals surface area contributed by atoms with Crippen LogP contribution < -0.4 is 14.5 Å². The molecule has 0 aliphatic carbocycles. The van der Waals surface area contributed by atoms with Crippen molar-refractivity contribution in [3.8, 4) is 0 Å². The minimum Gasteiger partial charge on any atom is -0.378 e. The first kappa shape index (κ1) is 20.7. The zero-order valence-corrected chi connectivity index (χ0v) is 16.4. The van der Waals surface area contributed by atoms with Crippen molar-refractivity contribution < 1.29 is 17.9 Å². The number of anilines is 2. The highest BCUT2D eigenvalue weighted by Crippen LogP contribution is 2.29. The smallest absolute Gasteiger partial charge is 0.223 e. The molecule has 1 aromatic rings. The van der Waals surface area contributed by atoms with E-state index in [4.69, 9.17) is 4.74 Å². The Morgan fingerprint density at radius 2 is 1.96 bits per heavy atom. The number of carbonyl (C=O) groups is 1. The monoisotopic (exact) mass is 383 g/mol. The number of benzene rings is 1. The van der Waals surface area contributed by atoms with Crippen LogP contribution in [-0.4, -0.2) is 59.5 Å². The third kappa shape index (κ3) is 5.96. The number of carbonyl (C=O) groups excluding carboxylic acids is 1. The van der Waals surface area contributed by atoms with Gasteiger partial charge in [0.05, 0.1) is 30.3 Å². The van der Waals surface area contributed by atoms with Crippen LogP contribution in [0.2, 0.25) is 0 Å². The van der Waals surface area contributed by atoms with Crippen LogP contribution in [-0.2, 0) is 19.6 Å². The Morgan fingerprint density at radius 3 is 2.62 bits per heavy atom. The second-order valence-corrected chi connectivity index (χ2v) is 8.25. The van der Waals surface area contributed by atoms with E-state index in [0.29, 0.717) is 26.2 Å². The molecular formula is C18H29N3O4S. The number of hydrogen-bond donors (Lipinski definition) is 1. The van der Waals surface area contributed by atoms with Crippen molar-refractivity contribution in [1.82, 2.24) is 4.72 Å². The standard InChI is InChI=1S/C18H29N3O4S/c1-3-4-15-26(23,24)19-9-10-21(16(2)22)18-8-6-5-7-17(18)20-11-13-25-14-12-20/h5-8,19H,3-4,9-15H2,1-2H3. The minimum atomic E-state index is -3.29. The van der Waals surface area contributed by atoms with E-state index in [2.05, 4.69) is 9.62 Å². The maximum Gasteiger partial charge on any atom is 0.223 e. The molecule has 0 unspecified atom stereocenters. The highest BCUT2D eigenvalue weighted by molar-refractivity contribution is 7.89. The van der Waals surface area contributed by atoms with Crippen LogP contribution in [0.5, 0.6) is 0 Å². The molecule has 1 amide bonds. The van der Waals surface area contributed by atoms with Gasteiger partial charge in [-0.1, -0.05) is 25.5 Å². The fourth-order valence-corrected chi connectivity index (χ4v) is 4.15. The normalized spacial score (nSPS) is 15.1. The number of morpholine rings is 1. The second-order valence-electron chi connectivity index (χ2n) is 6.33. The van der Waals surface area contributed by atoms with Gasteiger partial charge >= 0.3 is 0 Å². The van der Waals surface area contributed by atoms with Crippen molar-refractivity contribution in [2.24, 2.45) is 0 Å². The number of unbranched alkanes of at least 4 members (excludes halogenated alkanes) is 1. The van der Waals surface area contributed by atoms with Crippen molar-refractivity contribution in [2.45, 2.75) is 26.7 Å². The van der Waals surface area contributed by atoms with E-state index in [9.17, 15) is 13.2 Å². The average Bonchev–Trinajstić information content (AvgIpc) is 2.64. The Balaban J connectivity index is 2.09. The highest BCUT2D eigenvalue weighted by Gasteiger charge is 2.20. The Labute approximate surface area is 156 Å². The van der Waals surface area contributed by atoms with Crippen LogP contribution in [0, 0.1) is 0 Å². The van der Waals surface area contributed by atoms with Gasteiger partial charge in [-0.2, -0.15) is 0 Å². The summed E-state index contributed by atoms with van der Waals surface area (Å²) in [6.45, 7) is 6.80. The molecule has 146 valence electrons. The second kappa shape index (κ2) is 9.89. The van der Waals surface area contributed by atoms with Crippen LogP contribution in [0.4, 0.5) is 11.4 Å². The molecule has 0 saturated carbocycles. The van der Waals surface area contributed by atoms with Gasteiger partial charge in [-0.05, 0) is 18.6 Å². The molecule has 1 fully saturated rings. The van der Waals surface area contributed by atoms with E-state index in [1.807, 2.05) is 31.2 Å². The summed E-state index contributed by atoms with van der Waals surface area (Å²) in [5.41, 5.74) is 1.77. The van der Waals surface area contributed by atoms with Crippen molar-refractivity contribution in [1.29, 1.82) is 0 Å². The van der Waals surface area contributed by atoms with Crippen molar-refractivity contribution in [2.75, 3.05) is 54.9 Å². The zero-order valence-electron chi connectivity index (χ0n) is 15.6. The van der Waals surface area contributed by atoms with Gasteiger partial charge in [0, 0.05) is 33.1 Å². The topological polar surface area (TPSA) is 79.0 Å². The van der Waals surface area contributed by atoms with Gasteiger partial charge in [-0.15, -0.1) is 0 Å². The molecule has 0 atom stereocenters. The molecule has 26 heavy (non-hydrogen) atoms. The lowest BCUT2D eigenvalue weighted by molar-refractivity contribution is -0.116. The summed E-state index contributed by atoms with van der Waals surface area (Å²) in [5.74, 6) is 0.00645. The van der Waals surface area contributed by atoms with Gasteiger partial charge in [-0.3, -0.25) is 4.79 Å². The fourth-order valence-electron chi connectivity index (χ4n) is 2.93. The molecule has 1 heterocycles. The summed E-state index contributed by atoms with van der Waals surface area (Å²) in [4.78, 5) is 16.0. The number of para-hydroxylation sites is 2. The van der Waals surface area contributed by atoms with Gasteiger partial charge in [0.2, 0.25) is 15.9 Å². The maximum absolute atomic E-state index is 12.2. The SMILES string of the molecule is CCCCS(=O)(=O)NCCN(C(C)=O)c1ccccc1N1CCOCC1. The number of hydrogen-bond acceptors (Lipinski definition) is 5. The Morgan fingerprint density at radius 1 is 1.27 bits per heavy atom. The lowest BCUT2D eigenvalue weighted by Gasteiger charge is -2.33. The van der Waals surface area contributed by atoms with Gasteiger partial charge in [0.1, 0.15) is 0 Å². The number of nitrogens with one attached hydrogen (secondary N) is 1. The number of amides is 1. The Bertz CT molecular complexity index is 687. The lowest BCUT2D eigenvalue weighted by atomic mass is 10.2.